The summed E-state index contributed by atoms with van der Waals surface area (Å²) in [4.78, 5) is 21.6. The molecule has 1 aromatic rings. The van der Waals surface area contributed by atoms with Crippen LogP contribution in [0.25, 0.3) is 0 Å². The average Bonchev–Trinajstić information content (AvgIpc) is 2.36. The van der Waals surface area contributed by atoms with Gasteiger partial charge in [-0.25, -0.2) is 4.79 Å². The summed E-state index contributed by atoms with van der Waals surface area (Å²) in [7, 11) is 0. The lowest BCUT2D eigenvalue weighted by atomic mass is 10.1. The quantitative estimate of drug-likeness (QED) is 0.558. The van der Waals surface area contributed by atoms with Crippen molar-refractivity contribution in [3.05, 3.63) is 34.4 Å². The monoisotopic (exact) mass is 267 g/mol. The van der Waals surface area contributed by atoms with Gasteiger partial charge in [0.05, 0.1) is 17.6 Å². The fourth-order valence-electron chi connectivity index (χ4n) is 1.43. The van der Waals surface area contributed by atoms with Crippen LogP contribution in [0, 0.1) is 16.0 Å². The number of anilines is 1. The van der Waals surface area contributed by atoms with E-state index in [-0.39, 0.29) is 24.3 Å². The van der Waals surface area contributed by atoms with E-state index in [1.165, 1.54) is 24.3 Å². The number of hydrogen-bond donors (Lipinski definition) is 3. The van der Waals surface area contributed by atoms with Crippen molar-refractivity contribution in [2.24, 2.45) is 5.92 Å². The Labute approximate surface area is 110 Å². The molecule has 1 rings (SSSR count). The molecule has 0 aliphatic rings. The number of hydrogen-bond acceptors (Lipinski definition) is 4. The van der Waals surface area contributed by atoms with E-state index in [0.717, 1.165) is 0 Å². The third kappa shape index (κ3) is 4.55. The van der Waals surface area contributed by atoms with E-state index in [0.29, 0.717) is 5.69 Å². The molecule has 0 fully saturated rings. The van der Waals surface area contributed by atoms with Gasteiger partial charge in [0.2, 0.25) is 0 Å². The molecule has 19 heavy (non-hydrogen) atoms. The number of carbonyl (C=O) groups excluding carboxylic acids is 1. The number of non-ortho nitro benzene ring substituents is 1. The number of aliphatic hydroxyl groups is 1. The van der Waals surface area contributed by atoms with Crippen LogP contribution in [0.15, 0.2) is 24.3 Å². The Kier molecular flexibility index (Phi) is 5.25. The smallest absolute Gasteiger partial charge is 0.319 e. The summed E-state index contributed by atoms with van der Waals surface area (Å²) in [6.45, 7) is 3.62. The van der Waals surface area contributed by atoms with E-state index in [9.17, 15) is 14.9 Å². The maximum Gasteiger partial charge on any atom is 0.319 e. The maximum atomic E-state index is 11.6. The molecule has 0 aromatic heterocycles. The predicted molar refractivity (Wildman–Crippen MR) is 71.0 cm³/mol. The van der Waals surface area contributed by atoms with Crippen molar-refractivity contribution >= 4 is 17.4 Å². The molecule has 0 heterocycles. The first-order valence-electron chi connectivity index (χ1n) is 5.87. The van der Waals surface area contributed by atoms with Crippen LogP contribution >= 0.6 is 0 Å². The highest BCUT2D eigenvalue weighted by Crippen LogP contribution is 2.15. The van der Waals surface area contributed by atoms with Crippen molar-refractivity contribution < 1.29 is 14.8 Å². The molecular formula is C12H17N3O4. The van der Waals surface area contributed by atoms with E-state index in [1.807, 2.05) is 13.8 Å². The van der Waals surface area contributed by atoms with Gasteiger partial charge in [0.1, 0.15) is 0 Å². The van der Waals surface area contributed by atoms with Gasteiger partial charge in [-0.1, -0.05) is 13.8 Å². The lowest BCUT2D eigenvalue weighted by Gasteiger charge is -2.20. The number of carbonyl (C=O) groups is 1. The van der Waals surface area contributed by atoms with E-state index in [1.54, 1.807) is 0 Å². The minimum absolute atomic E-state index is 0.0404. The number of nitro groups is 1. The van der Waals surface area contributed by atoms with Crippen molar-refractivity contribution in [1.29, 1.82) is 0 Å². The first-order chi connectivity index (χ1) is 8.93. The van der Waals surface area contributed by atoms with Crippen LogP contribution in [0.4, 0.5) is 16.2 Å². The van der Waals surface area contributed by atoms with Crippen LogP contribution in [-0.2, 0) is 0 Å². The Hall–Kier alpha value is -2.15. The second kappa shape index (κ2) is 6.69. The Bertz CT molecular complexity index is 445. The van der Waals surface area contributed by atoms with Gasteiger partial charge in [-0.3, -0.25) is 10.1 Å². The molecule has 104 valence electrons. The number of rotatable bonds is 5. The van der Waals surface area contributed by atoms with Gasteiger partial charge in [0, 0.05) is 17.8 Å². The fraction of sp³-hybridized carbons (Fsp3) is 0.417. The summed E-state index contributed by atoms with van der Waals surface area (Å²) >= 11 is 0. The SMILES string of the molecule is CC(C)C(CO)NC(=O)Nc1ccc([N+](=O)[O-])cc1. The Morgan fingerprint density at radius 2 is 1.95 bits per heavy atom. The topological polar surface area (TPSA) is 104 Å². The van der Waals surface area contributed by atoms with Gasteiger partial charge in [0.25, 0.3) is 5.69 Å². The molecule has 0 aliphatic carbocycles. The van der Waals surface area contributed by atoms with Crippen LogP contribution in [0.2, 0.25) is 0 Å². The molecule has 0 bridgehead atoms. The third-order valence-electron chi connectivity index (χ3n) is 2.65. The zero-order valence-electron chi connectivity index (χ0n) is 10.8. The summed E-state index contributed by atoms with van der Waals surface area (Å²) in [5.41, 5.74) is 0.407. The highest BCUT2D eigenvalue weighted by Gasteiger charge is 2.15. The predicted octanol–water partition coefficient (Wildman–Crippen LogP) is 1.73. The van der Waals surface area contributed by atoms with Crippen molar-refractivity contribution in [3.63, 3.8) is 0 Å². The molecule has 0 saturated carbocycles. The zero-order valence-corrected chi connectivity index (χ0v) is 10.8. The van der Waals surface area contributed by atoms with E-state index in [4.69, 9.17) is 5.11 Å². The van der Waals surface area contributed by atoms with Gasteiger partial charge >= 0.3 is 6.03 Å². The first kappa shape index (κ1) is 14.9. The van der Waals surface area contributed by atoms with Gasteiger partial charge in [-0.15, -0.1) is 0 Å². The molecule has 0 radical (unpaired) electrons. The number of amides is 2. The number of benzene rings is 1. The number of nitro benzene ring substituents is 1. The van der Waals surface area contributed by atoms with Gasteiger partial charge < -0.3 is 15.7 Å². The summed E-state index contributed by atoms with van der Waals surface area (Å²) < 4.78 is 0. The molecule has 7 nitrogen and oxygen atoms in total. The van der Waals surface area contributed by atoms with Crippen LogP contribution in [0.3, 0.4) is 0 Å². The van der Waals surface area contributed by atoms with E-state index >= 15 is 0 Å². The van der Waals surface area contributed by atoms with Crippen molar-refractivity contribution in [2.45, 2.75) is 19.9 Å². The minimum atomic E-state index is -0.510. The van der Waals surface area contributed by atoms with Gasteiger partial charge in [-0.05, 0) is 18.1 Å². The van der Waals surface area contributed by atoms with Crippen LogP contribution in [-0.4, -0.2) is 28.7 Å². The highest BCUT2D eigenvalue weighted by molar-refractivity contribution is 5.89. The van der Waals surface area contributed by atoms with Crippen LogP contribution < -0.4 is 10.6 Å². The Morgan fingerprint density at radius 1 is 1.37 bits per heavy atom. The molecule has 1 unspecified atom stereocenters. The van der Waals surface area contributed by atoms with E-state index < -0.39 is 11.0 Å². The molecule has 0 saturated heterocycles. The molecule has 2 amide bonds. The largest absolute Gasteiger partial charge is 0.394 e. The summed E-state index contributed by atoms with van der Waals surface area (Å²) in [6, 6.07) is 4.71. The van der Waals surface area contributed by atoms with Crippen LogP contribution in [0.1, 0.15) is 13.8 Å². The standard InChI is InChI=1S/C12H17N3O4/c1-8(2)11(7-16)14-12(17)13-9-3-5-10(6-4-9)15(18)19/h3-6,8,11,16H,7H2,1-2H3,(H2,13,14,17). The third-order valence-corrected chi connectivity index (χ3v) is 2.65. The first-order valence-corrected chi connectivity index (χ1v) is 5.87. The van der Waals surface area contributed by atoms with Crippen molar-refractivity contribution in [1.82, 2.24) is 5.32 Å². The number of aliphatic hydroxyl groups excluding tert-OH is 1. The maximum absolute atomic E-state index is 11.6. The molecule has 1 aromatic carbocycles. The molecule has 1 atom stereocenters. The summed E-state index contributed by atoms with van der Waals surface area (Å²) in [5, 5.41) is 24.7. The highest BCUT2D eigenvalue weighted by atomic mass is 16.6. The Balaban J connectivity index is 2.59. The summed E-state index contributed by atoms with van der Waals surface area (Å²) in [5.74, 6) is 0.104. The normalized spacial score (nSPS) is 12.0. The van der Waals surface area contributed by atoms with Crippen LogP contribution in [0.5, 0.6) is 0 Å². The molecule has 3 N–H and O–H groups in total. The minimum Gasteiger partial charge on any atom is -0.394 e. The van der Waals surface area contributed by atoms with Gasteiger partial charge in [0.15, 0.2) is 0 Å². The number of urea groups is 1. The van der Waals surface area contributed by atoms with Crippen molar-refractivity contribution in [2.75, 3.05) is 11.9 Å². The molecule has 0 spiro atoms. The van der Waals surface area contributed by atoms with E-state index in [2.05, 4.69) is 10.6 Å². The second-order valence-electron chi connectivity index (χ2n) is 4.44. The fourth-order valence-corrected chi connectivity index (χ4v) is 1.43. The lowest BCUT2D eigenvalue weighted by molar-refractivity contribution is -0.384. The Morgan fingerprint density at radius 3 is 2.37 bits per heavy atom. The molecule has 7 heteroatoms. The average molecular weight is 267 g/mol. The van der Waals surface area contributed by atoms with Gasteiger partial charge in [-0.2, -0.15) is 0 Å². The van der Waals surface area contributed by atoms with Crippen molar-refractivity contribution in [3.8, 4) is 0 Å². The molecule has 0 aliphatic heterocycles. The lowest BCUT2D eigenvalue weighted by Crippen LogP contribution is -2.43. The zero-order chi connectivity index (χ0) is 14.4. The number of nitrogens with zero attached hydrogens (tertiary/aromatic N) is 1. The molecular weight excluding hydrogens is 250 g/mol. The summed E-state index contributed by atoms with van der Waals surface area (Å²) in [6.07, 6.45) is 0. The number of nitrogens with one attached hydrogen (secondary N) is 2. The second-order valence-corrected chi connectivity index (χ2v) is 4.44.